The summed E-state index contributed by atoms with van der Waals surface area (Å²) in [5, 5.41) is 13.6. The summed E-state index contributed by atoms with van der Waals surface area (Å²) in [4.78, 5) is 25.7. The van der Waals surface area contributed by atoms with Crippen molar-refractivity contribution >= 4 is 17.6 Å². The van der Waals surface area contributed by atoms with Crippen molar-refractivity contribution in [1.29, 1.82) is 0 Å². The number of urea groups is 1. The van der Waals surface area contributed by atoms with Gasteiger partial charge in [-0.05, 0) is 43.1 Å². The molecule has 1 fully saturated rings. The van der Waals surface area contributed by atoms with Crippen molar-refractivity contribution in [2.45, 2.75) is 45.4 Å². The van der Waals surface area contributed by atoms with Crippen molar-refractivity contribution in [2.24, 2.45) is 0 Å². The van der Waals surface area contributed by atoms with Crippen LogP contribution in [0.5, 0.6) is 0 Å². The van der Waals surface area contributed by atoms with Gasteiger partial charge in [-0.3, -0.25) is 9.48 Å². The van der Waals surface area contributed by atoms with Crippen molar-refractivity contribution in [3.05, 3.63) is 47.3 Å². The van der Waals surface area contributed by atoms with E-state index in [9.17, 15) is 9.59 Å². The molecule has 3 amide bonds. The first-order chi connectivity index (χ1) is 13.7. The molecule has 1 aromatic carbocycles. The molecule has 4 rings (SSSR count). The molecule has 2 aliphatic heterocycles. The number of rotatable bonds is 5. The van der Waals surface area contributed by atoms with Crippen LogP contribution in [-0.4, -0.2) is 34.8 Å². The monoisotopic (exact) mass is 382 g/mol. The SMILES string of the molecule is O=C(NCc1ccc(N2CCCC2=O)cc1)NCc1cc2n(n1)CCCNC2. The molecule has 2 aliphatic rings. The zero-order valence-corrected chi connectivity index (χ0v) is 15.9. The molecule has 8 nitrogen and oxygen atoms in total. The van der Waals surface area contributed by atoms with Crippen LogP contribution in [0.15, 0.2) is 30.3 Å². The van der Waals surface area contributed by atoms with Crippen LogP contribution in [0.25, 0.3) is 0 Å². The third-order valence-corrected chi connectivity index (χ3v) is 5.15. The number of aromatic nitrogens is 2. The minimum absolute atomic E-state index is 0.178. The number of hydrogen-bond acceptors (Lipinski definition) is 4. The average molecular weight is 382 g/mol. The Morgan fingerprint density at radius 1 is 1.11 bits per heavy atom. The van der Waals surface area contributed by atoms with Gasteiger partial charge in [0.1, 0.15) is 0 Å². The quantitative estimate of drug-likeness (QED) is 0.731. The smallest absolute Gasteiger partial charge is 0.315 e. The first-order valence-electron chi connectivity index (χ1n) is 9.86. The number of nitrogens with one attached hydrogen (secondary N) is 3. The fourth-order valence-corrected chi connectivity index (χ4v) is 3.64. The lowest BCUT2D eigenvalue weighted by Gasteiger charge is -2.16. The predicted molar refractivity (Wildman–Crippen MR) is 106 cm³/mol. The lowest BCUT2D eigenvalue weighted by molar-refractivity contribution is -0.117. The van der Waals surface area contributed by atoms with Crippen LogP contribution in [0.4, 0.5) is 10.5 Å². The van der Waals surface area contributed by atoms with E-state index >= 15 is 0 Å². The maximum absolute atomic E-state index is 12.1. The Morgan fingerprint density at radius 2 is 1.93 bits per heavy atom. The normalized spacial score (nSPS) is 16.6. The molecule has 3 N–H and O–H groups in total. The van der Waals surface area contributed by atoms with Crippen LogP contribution in [-0.2, 0) is 31.0 Å². The number of carbonyl (C=O) groups is 2. The van der Waals surface area contributed by atoms with Crippen LogP contribution < -0.4 is 20.9 Å². The summed E-state index contributed by atoms with van der Waals surface area (Å²) >= 11 is 0. The molecule has 8 heteroatoms. The van der Waals surface area contributed by atoms with Gasteiger partial charge in [-0.1, -0.05) is 12.1 Å². The van der Waals surface area contributed by atoms with Gasteiger partial charge >= 0.3 is 6.03 Å². The summed E-state index contributed by atoms with van der Waals surface area (Å²) in [5.74, 6) is 0.178. The second-order valence-electron chi connectivity index (χ2n) is 7.23. The number of carbonyl (C=O) groups excluding carboxylic acids is 2. The molecule has 0 bridgehead atoms. The van der Waals surface area contributed by atoms with E-state index in [1.54, 1.807) is 0 Å². The van der Waals surface area contributed by atoms with Gasteiger partial charge in [0.15, 0.2) is 0 Å². The third kappa shape index (κ3) is 4.33. The number of hydrogen-bond donors (Lipinski definition) is 3. The van der Waals surface area contributed by atoms with E-state index in [0.717, 1.165) is 61.7 Å². The highest BCUT2D eigenvalue weighted by Crippen LogP contribution is 2.21. The Balaban J connectivity index is 1.24. The summed E-state index contributed by atoms with van der Waals surface area (Å²) in [7, 11) is 0. The zero-order chi connectivity index (χ0) is 19.3. The topological polar surface area (TPSA) is 91.3 Å². The summed E-state index contributed by atoms with van der Waals surface area (Å²) in [6.07, 6.45) is 2.60. The van der Waals surface area contributed by atoms with E-state index in [0.29, 0.717) is 19.5 Å². The number of amides is 3. The average Bonchev–Trinajstić information content (AvgIpc) is 3.25. The Morgan fingerprint density at radius 3 is 2.71 bits per heavy atom. The summed E-state index contributed by atoms with van der Waals surface area (Å²) < 4.78 is 2.02. The maximum atomic E-state index is 12.1. The lowest BCUT2D eigenvalue weighted by Crippen LogP contribution is -2.34. The maximum Gasteiger partial charge on any atom is 0.315 e. The van der Waals surface area contributed by atoms with Gasteiger partial charge in [0.2, 0.25) is 5.91 Å². The molecule has 28 heavy (non-hydrogen) atoms. The first-order valence-corrected chi connectivity index (χ1v) is 9.86. The molecular weight excluding hydrogens is 356 g/mol. The molecule has 0 saturated carbocycles. The van der Waals surface area contributed by atoms with Gasteiger partial charge < -0.3 is 20.9 Å². The van der Waals surface area contributed by atoms with Crippen molar-refractivity contribution in [3.63, 3.8) is 0 Å². The highest BCUT2D eigenvalue weighted by Gasteiger charge is 2.21. The van der Waals surface area contributed by atoms with E-state index in [-0.39, 0.29) is 11.9 Å². The molecule has 0 aliphatic carbocycles. The van der Waals surface area contributed by atoms with Crippen LogP contribution in [0, 0.1) is 0 Å². The fraction of sp³-hybridized carbons (Fsp3) is 0.450. The third-order valence-electron chi connectivity index (χ3n) is 5.15. The van der Waals surface area contributed by atoms with E-state index in [1.807, 2.05) is 39.9 Å². The minimum atomic E-state index is -0.222. The van der Waals surface area contributed by atoms with E-state index in [4.69, 9.17) is 0 Å². The molecule has 148 valence electrons. The highest BCUT2D eigenvalue weighted by atomic mass is 16.2. The standard InChI is InChI=1S/C20H26N6O2/c27-19-3-1-9-25(19)17-6-4-15(5-7-17)12-22-20(28)23-13-16-11-18-14-21-8-2-10-26(18)24-16/h4-7,11,21H,1-3,8-10,12-14H2,(H2,22,23,28). The van der Waals surface area contributed by atoms with Crippen LogP contribution in [0.3, 0.4) is 0 Å². The number of benzene rings is 1. The highest BCUT2D eigenvalue weighted by molar-refractivity contribution is 5.95. The van der Waals surface area contributed by atoms with E-state index in [2.05, 4.69) is 21.0 Å². The summed E-state index contributed by atoms with van der Waals surface area (Å²) in [6.45, 7) is 4.36. The Labute approximate surface area is 164 Å². The summed E-state index contributed by atoms with van der Waals surface area (Å²) in [6, 6.07) is 9.58. The van der Waals surface area contributed by atoms with E-state index in [1.165, 1.54) is 0 Å². The molecule has 0 unspecified atom stereocenters. The molecule has 2 aromatic rings. The van der Waals surface area contributed by atoms with Gasteiger partial charge in [-0.15, -0.1) is 0 Å². The molecular formula is C20H26N6O2. The van der Waals surface area contributed by atoms with Crippen molar-refractivity contribution in [3.8, 4) is 0 Å². The Bertz CT molecular complexity index is 821. The fourth-order valence-electron chi connectivity index (χ4n) is 3.64. The van der Waals surface area contributed by atoms with Crippen LogP contribution in [0.2, 0.25) is 0 Å². The van der Waals surface area contributed by atoms with Crippen molar-refractivity contribution < 1.29 is 9.59 Å². The predicted octanol–water partition coefficient (Wildman–Crippen LogP) is 1.50. The van der Waals surface area contributed by atoms with Crippen LogP contribution in [0.1, 0.15) is 36.2 Å². The van der Waals surface area contributed by atoms with Gasteiger partial charge in [-0.2, -0.15) is 5.10 Å². The second-order valence-corrected chi connectivity index (χ2v) is 7.23. The number of fused-ring (bicyclic) bond motifs is 1. The first kappa shape index (κ1) is 18.5. The molecule has 0 atom stereocenters. The molecule has 1 saturated heterocycles. The molecule has 0 radical (unpaired) electrons. The van der Waals surface area contributed by atoms with Crippen LogP contribution >= 0.6 is 0 Å². The van der Waals surface area contributed by atoms with Gasteiger partial charge in [-0.25, -0.2) is 4.79 Å². The van der Waals surface area contributed by atoms with Gasteiger partial charge in [0.05, 0.1) is 17.9 Å². The number of anilines is 1. The summed E-state index contributed by atoms with van der Waals surface area (Å²) in [5.41, 5.74) is 3.94. The largest absolute Gasteiger partial charge is 0.334 e. The minimum Gasteiger partial charge on any atom is -0.334 e. The van der Waals surface area contributed by atoms with E-state index < -0.39 is 0 Å². The Kier molecular flexibility index (Phi) is 5.57. The van der Waals surface area contributed by atoms with Crippen molar-refractivity contribution in [1.82, 2.24) is 25.7 Å². The molecule has 3 heterocycles. The lowest BCUT2D eigenvalue weighted by atomic mass is 10.2. The molecule has 0 spiro atoms. The Hall–Kier alpha value is -2.87. The van der Waals surface area contributed by atoms with Gasteiger partial charge in [0, 0.05) is 38.3 Å². The molecule has 1 aromatic heterocycles. The number of aryl methyl sites for hydroxylation is 1. The second kappa shape index (κ2) is 8.43. The zero-order valence-electron chi connectivity index (χ0n) is 15.9. The van der Waals surface area contributed by atoms with Gasteiger partial charge in [0.25, 0.3) is 0 Å². The van der Waals surface area contributed by atoms with Crippen molar-refractivity contribution in [2.75, 3.05) is 18.0 Å². The number of nitrogens with zero attached hydrogens (tertiary/aromatic N) is 3.